The predicted octanol–water partition coefficient (Wildman–Crippen LogP) is 5.22. The van der Waals surface area contributed by atoms with Gasteiger partial charge in [0.15, 0.2) is 6.10 Å². The molecule has 1 unspecified atom stereocenters. The Balaban J connectivity index is 1.44. The van der Waals surface area contributed by atoms with Crippen molar-refractivity contribution in [3.63, 3.8) is 0 Å². The van der Waals surface area contributed by atoms with Gasteiger partial charge in [0.25, 0.3) is 16.0 Å². The Hall–Kier alpha value is -5.19. The first-order valence-corrected chi connectivity index (χ1v) is 16.5. The highest BCUT2D eigenvalue weighted by molar-refractivity contribution is 7.86. The van der Waals surface area contributed by atoms with Crippen LogP contribution in [-0.4, -0.2) is 61.2 Å². The molecule has 50 heavy (non-hydrogen) atoms. The largest absolute Gasteiger partial charge is 0.458 e. The number of carbonyl (C=O) groups is 3. The van der Waals surface area contributed by atoms with Crippen LogP contribution in [0, 0.1) is 24.4 Å². The second kappa shape index (κ2) is 15.1. The first-order valence-electron chi connectivity index (χ1n) is 15.1. The van der Waals surface area contributed by atoms with E-state index in [4.69, 9.17) is 18.4 Å². The average molecular weight is 714 g/mol. The molecule has 1 N–H and O–H groups in total. The molecule has 0 bridgehead atoms. The third kappa shape index (κ3) is 8.33. The summed E-state index contributed by atoms with van der Waals surface area (Å²) >= 11 is 0. The number of anilines is 1. The number of hydrogen-bond donors (Lipinski definition) is 1. The van der Waals surface area contributed by atoms with Gasteiger partial charge in [0.05, 0.1) is 35.1 Å². The molecule has 0 saturated carbocycles. The van der Waals surface area contributed by atoms with Crippen molar-refractivity contribution in [3.05, 3.63) is 107 Å². The van der Waals surface area contributed by atoms with E-state index in [1.807, 2.05) is 0 Å². The number of carbonyl (C=O) groups excluding carboxylic acids is 3. The number of amides is 1. The van der Waals surface area contributed by atoms with Crippen LogP contribution in [0.2, 0.25) is 0 Å². The van der Waals surface area contributed by atoms with Crippen molar-refractivity contribution in [2.75, 3.05) is 11.9 Å². The maximum Gasteiger partial charge on any atom is 0.303 e. The fraction of sp³-hybridized carbons (Fsp3) is 0.265. The molecule has 4 aromatic rings. The van der Waals surface area contributed by atoms with Crippen LogP contribution in [0.1, 0.15) is 48.0 Å². The maximum absolute atomic E-state index is 14.7. The standard InChI is InChI=1S/C34H30F3N3O9S/c1-18-7-9-21(10-8-18)50(44,45)46-17-30-33(48-20(3)42)29(47-19(2)41)15-28(49-30)22-13-14-38-16-27(22)40-34(43)26-12-11-25(37)32(39-26)31-23(35)5-4-6-24(31)36/h4-14,16,28-30,33H,15,17H2,1-3H3,(H,40,43)/t28-,29?,30-,33+/m1/s1. The SMILES string of the molecule is CC(=O)OC1C[C@H](c2ccncc2NC(=O)c2ccc(F)c(-c3c(F)cccc3F)n2)O[C@H](COS(=O)(=O)c2ccc(C)cc2)[C@H]1OC(C)=O. The minimum atomic E-state index is -4.31. The number of esters is 2. The summed E-state index contributed by atoms with van der Waals surface area (Å²) in [6.07, 6.45) is -2.29. The molecule has 1 saturated heterocycles. The topological polar surface area (TPSA) is 160 Å². The molecule has 16 heteroatoms. The summed E-state index contributed by atoms with van der Waals surface area (Å²) in [6, 6.07) is 12.1. The van der Waals surface area contributed by atoms with Crippen LogP contribution in [0.4, 0.5) is 18.9 Å². The van der Waals surface area contributed by atoms with Crippen LogP contribution in [0.5, 0.6) is 0 Å². The lowest BCUT2D eigenvalue weighted by atomic mass is 9.93. The molecule has 0 radical (unpaired) electrons. The van der Waals surface area contributed by atoms with Crippen LogP contribution in [0.15, 0.2) is 78.0 Å². The van der Waals surface area contributed by atoms with E-state index < -0.39 is 93.4 Å². The number of hydrogen-bond acceptors (Lipinski definition) is 11. The lowest BCUT2D eigenvalue weighted by Gasteiger charge is -2.40. The number of aromatic nitrogens is 2. The van der Waals surface area contributed by atoms with Gasteiger partial charge in [-0.1, -0.05) is 23.8 Å². The van der Waals surface area contributed by atoms with Gasteiger partial charge in [0.2, 0.25) is 0 Å². The Bertz CT molecular complexity index is 2010. The number of rotatable bonds is 10. The molecular formula is C34H30F3N3O9S. The molecule has 1 aliphatic rings. The number of nitrogens with one attached hydrogen (secondary N) is 1. The van der Waals surface area contributed by atoms with Gasteiger partial charge < -0.3 is 19.5 Å². The maximum atomic E-state index is 14.7. The van der Waals surface area contributed by atoms with Crippen molar-refractivity contribution in [2.45, 2.75) is 56.5 Å². The molecule has 1 fully saturated rings. The lowest BCUT2D eigenvalue weighted by molar-refractivity contribution is -0.211. The van der Waals surface area contributed by atoms with Gasteiger partial charge in [-0.2, -0.15) is 8.42 Å². The van der Waals surface area contributed by atoms with Crippen molar-refractivity contribution in [2.24, 2.45) is 0 Å². The lowest BCUT2D eigenvalue weighted by Crippen LogP contribution is -2.51. The minimum Gasteiger partial charge on any atom is -0.458 e. The summed E-state index contributed by atoms with van der Waals surface area (Å²) in [6.45, 7) is 3.37. The Labute approximate surface area is 284 Å². The van der Waals surface area contributed by atoms with Gasteiger partial charge >= 0.3 is 11.9 Å². The molecule has 1 amide bonds. The normalized spacial score (nSPS) is 19.0. The molecule has 0 spiro atoms. The van der Waals surface area contributed by atoms with Crippen molar-refractivity contribution < 1.29 is 54.4 Å². The Morgan fingerprint density at radius 3 is 2.26 bits per heavy atom. The van der Waals surface area contributed by atoms with E-state index in [0.29, 0.717) is 0 Å². The van der Waals surface area contributed by atoms with Crippen LogP contribution in [0.25, 0.3) is 11.3 Å². The fourth-order valence-corrected chi connectivity index (χ4v) is 6.23. The quantitative estimate of drug-likeness (QED) is 0.170. The summed E-state index contributed by atoms with van der Waals surface area (Å²) in [7, 11) is -4.31. The molecule has 3 heterocycles. The van der Waals surface area contributed by atoms with Gasteiger partial charge in [0, 0.05) is 32.0 Å². The van der Waals surface area contributed by atoms with Crippen LogP contribution < -0.4 is 5.32 Å². The van der Waals surface area contributed by atoms with Crippen LogP contribution >= 0.6 is 0 Å². The molecule has 5 rings (SSSR count). The monoisotopic (exact) mass is 713 g/mol. The van der Waals surface area contributed by atoms with Gasteiger partial charge in [-0.3, -0.25) is 23.6 Å². The first-order chi connectivity index (χ1) is 23.7. The third-order valence-corrected chi connectivity index (χ3v) is 8.86. The molecule has 2 aromatic carbocycles. The van der Waals surface area contributed by atoms with Crippen molar-refractivity contribution >= 4 is 33.7 Å². The number of pyridine rings is 2. The fourth-order valence-electron chi connectivity index (χ4n) is 5.31. The number of benzene rings is 2. The molecule has 1 aliphatic heterocycles. The van der Waals surface area contributed by atoms with E-state index in [1.54, 1.807) is 19.1 Å². The molecule has 0 aliphatic carbocycles. The Morgan fingerprint density at radius 2 is 1.60 bits per heavy atom. The highest BCUT2D eigenvalue weighted by Crippen LogP contribution is 2.38. The third-order valence-electron chi connectivity index (χ3n) is 7.56. The van der Waals surface area contributed by atoms with E-state index in [0.717, 1.165) is 49.7 Å². The van der Waals surface area contributed by atoms with Crippen LogP contribution in [-0.2, 0) is 38.1 Å². The first kappa shape index (κ1) is 36.1. The zero-order valence-electron chi connectivity index (χ0n) is 26.8. The number of nitrogens with zero attached hydrogens (tertiary/aromatic N) is 2. The molecule has 2 aromatic heterocycles. The van der Waals surface area contributed by atoms with E-state index >= 15 is 0 Å². The number of aryl methyl sites for hydroxylation is 1. The summed E-state index contributed by atoms with van der Waals surface area (Å²) in [5.41, 5.74) is -0.749. The molecule has 4 atom stereocenters. The number of halogens is 3. The summed E-state index contributed by atoms with van der Waals surface area (Å²) in [5.74, 6) is -5.65. The minimum absolute atomic E-state index is 0.0479. The highest BCUT2D eigenvalue weighted by atomic mass is 32.2. The van der Waals surface area contributed by atoms with Gasteiger partial charge in [-0.15, -0.1) is 0 Å². The van der Waals surface area contributed by atoms with Crippen molar-refractivity contribution in [1.29, 1.82) is 0 Å². The molecule has 262 valence electrons. The summed E-state index contributed by atoms with van der Waals surface area (Å²) in [4.78, 5) is 45.3. The van der Waals surface area contributed by atoms with Gasteiger partial charge in [-0.25, -0.2) is 18.2 Å². The second-order valence-electron chi connectivity index (χ2n) is 11.2. The van der Waals surface area contributed by atoms with E-state index in [2.05, 4.69) is 15.3 Å². The van der Waals surface area contributed by atoms with Gasteiger partial charge in [-0.05, 0) is 49.4 Å². The Kier molecular flexibility index (Phi) is 10.9. The van der Waals surface area contributed by atoms with E-state index in [1.165, 1.54) is 30.6 Å². The molecular weight excluding hydrogens is 683 g/mol. The average Bonchev–Trinajstić information content (AvgIpc) is 3.05. The van der Waals surface area contributed by atoms with Crippen LogP contribution in [0.3, 0.4) is 0 Å². The summed E-state index contributed by atoms with van der Waals surface area (Å²) in [5, 5.41) is 2.57. The van der Waals surface area contributed by atoms with E-state index in [-0.39, 0.29) is 22.6 Å². The zero-order valence-corrected chi connectivity index (χ0v) is 27.6. The van der Waals surface area contributed by atoms with E-state index in [9.17, 15) is 36.0 Å². The van der Waals surface area contributed by atoms with Gasteiger partial charge in [0.1, 0.15) is 41.0 Å². The second-order valence-corrected chi connectivity index (χ2v) is 12.8. The zero-order chi connectivity index (χ0) is 36.2. The molecule has 12 nitrogen and oxygen atoms in total. The smallest absolute Gasteiger partial charge is 0.303 e. The number of ether oxygens (including phenoxy) is 3. The Morgan fingerprint density at radius 1 is 0.920 bits per heavy atom. The highest BCUT2D eigenvalue weighted by Gasteiger charge is 2.45. The van der Waals surface area contributed by atoms with Crippen molar-refractivity contribution in [1.82, 2.24) is 9.97 Å². The summed E-state index contributed by atoms with van der Waals surface area (Å²) < 4.78 is 92.0. The predicted molar refractivity (Wildman–Crippen MR) is 169 cm³/mol. The van der Waals surface area contributed by atoms with Crippen molar-refractivity contribution in [3.8, 4) is 11.3 Å².